The lowest BCUT2D eigenvalue weighted by Gasteiger charge is -2.27. The summed E-state index contributed by atoms with van der Waals surface area (Å²) in [6, 6.07) is 3.21. The van der Waals surface area contributed by atoms with Gasteiger partial charge in [0, 0.05) is 0 Å². The third kappa shape index (κ3) is 4.18. The van der Waals surface area contributed by atoms with Crippen LogP contribution >= 0.6 is 0 Å². The molecule has 0 N–H and O–H groups in total. The molecule has 1 fully saturated rings. The van der Waals surface area contributed by atoms with Crippen molar-refractivity contribution >= 4 is 0 Å². The highest BCUT2D eigenvalue weighted by Gasteiger charge is 2.21. The molecule has 0 bridgehead atoms. The van der Waals surface area contributed by atoms with E-state index in [1.807, 2.05) is 0 Å². The predicted molar refractivity (Wildman–Crippen MR) is 81.6 cm³/mol. The maximum atomic E-state index is 14.0. The van der Waals surface area contributed by atoms with Crippen molar-refractivity contribution in [2.24, 2.45) is 11.8 Å². The first-order valence-corrected chi connectivity index (χ1v) is 8.25. The van der Waals surface area contributed by atoms with Crippen molar-refractivity contribution in [3.63, 3.8) is 0 Å². The number of aryl methyl sites for hydroxylation is 1. The summed E-state index contributed by atoms with van der Waals surface area (Å²) in [5.74, 6) is -0.0165. The van der Waals surface area contributed by atoms with Crippen molar-refractivity contribution in [1.82, 2.24) is 0 Å². The lowest BCUT2D eigenvalue weighted by Crippen LogP contribution is -2.14. The molecule has 1 aliphatic carbocycles. The van der Waals surface area contributed by atoms with Crippen LogP contribution in [0.15, 0.2) is 12.1 Å². The van der Waals surface area contributed by atoms with Gasteiger partial charge in [0.25, 0.3) is 0 Å². The average molecular weight is 296 g/mol. The smallest absolute Gasteiger partial charge is 0.200 e. The molecule has 1 aliphatic rings. The molecule has 1 aromatic carbocycles. The van der Waals surface area contributed by atoms with Gasteiger partial charge < -0.3 is 4.74 Å². The minimum absolute atomic E-state index is 0.0159. The van der Waals surface area contributed by atoms with Gasteiger partial charge >= 0.3 is 0 Å². The Morgan fingerprint density at radius 3 is 2.29 bits per heavy atom. The van der Waals surface area contributed by atoms with Crippen LogP contribution in [0, 0.1) is 23.5 Å². The molecule has 0 spiro atoms. The van der Waals surface area contributed by atoms with Gasteiger partial charge in [0.2, 0.25) is 5.82 Å². The molecule has 21 heavy (non-hydrogen) atoms. The molecule has 1 aromatic rings. The summed E-state index contributed by atoms with van der Waals surface area (Å²) in [6.45, 7) is 4.36. The van der Waals surface area contributed by atoms with Crippen molar-refractivity contribution in [3.8, 4) is 5.75 Å². The molecule has 2 rings (SSSR count). The van der Waals surface area contributed by atoms with Crippen LogP contribution in [0.1, 0.15) is 57.9 Å². The van der Waals surface area contributed by atoms with Gasteiger partial charge in [-0.15, -0.1) is 0 Å². The van der Waals surface area contributed by atoms with Gasteiger partial charge in [0.15, 0.2) is 11.6 Å². The predicted octanol–water partition coefficient (Wildman–Crippen LogP) is 5.51. The highest BCUT2D eigenvalue weighted by molar-refractivity contribution is 5.31. The molecule has 1 saturated carbocycles. The summed E-state index contributed by atoms with van der Waals surface area (Å²) in [4.78, 5) is 0. The Balaban J connectivity index is 1.90. The fourth-order valence-corrected chi connectivity index (χ4v) is 3.32. The van der Waals surface area contributed by atoms with Crippen molar-refractivity contribution in [2.45, 2.75) is 58.8 Å². The van der Waals surface area contributed by atoms with Crippen molar-refractivity contribution in [3.05, 3.63) is 29.3 Å². The van der Waals surface area contributed by atoms with E-state index < -0.39 is 11.6 Å². The molecule has 0 amide bonds. The number of halogens is 2. The molecule has 1 nitrogen and oxygen atoms in total. The summed E-state index contributed by atoms with van der Waals surface area (Å²) in [5.41, 5.74) is 0.480. The van der Waals surface area contributed by atoms with E-state index in [1.54, 1.807) is 19.1 Å². The van der Waals surface area contributed by atoms with Gasteiger partial charge in [-0.25, -0.2) is 4.39 Å². The van der Waals surface area contributed by atoms with E-state index in [-0.39, 0.29) is 5.75 Å². The number of hydrogen-bond donors (Lipinski definition) is 0. The topological polar surface area (TPSA) is 9.23 Å². The Bertz CT molecular complexity index is 451. The van der Waals surface area contributed by atoms with Crippen LogP contribution in [0.3, 0.4) is 0 Å². The van der Waals surface area contributed by atoms with Crippen LogP contribution in [0.2, 0.25) is 0 Å². The maximum absolute atomic E-state index is 14.0. The van der Waals surface area contributed by atoms with Gasteiger partial charge in [-0.3, -0.25) is 0 Å². The van der Waals surface area contributed by atoms with Gasteiger partial charge in [-0.1, -0.05) is 45.1 Å². The van der Waals surface area contributed by atoms with Crippen LogP contribution in [-0.2, 0) is 6.42 Å². The molecule has 0 radical (unpaired) electrons. The molecule has 0 aliphatic heterocycles. The summed E-state index contributed by atoms with van der Waals surface area (Å²) < 4.78 is 32.9. The third-order valence-electron chi connectivity index (χ3n) is 4.79. The number of hydrogen-bond acceptors (Lipinski definition) is 1. The highest BCUT2D eigenvalue weighted by atomic mass is 19.2. The van der Waals surface area contributed by atoms with Crippen LogP contribution < -0.4 is 4.74 Å². The fourth-order valence-electron chi connectivity index (χ4n) is 3.32. The molecular weight excluding hydrogens is 270 g/mol. The van der Waals surface area contributed by atoms with E-state index in [0.29, 0.717) is 24.5 Å². The van der Waals surface area contributed by atoms with Gasteiger partial charge in [-0.05, 0) is 43.2 Å². The Hall–Kier alpha value is -1.12. The Kier molecular flexibility index (Phi) is 6.01. The standard InChI is InChI=1S/C18H26F2O/c1-3-13-5-7-14(8-6-13)9-10-15-11-12-16(21-4-2)18(20)17(15)19/h11-14H,3-10H2,1-2H3. The van der Waals surface area contributed by atoms with E-state index in [2.05, 4.69) is 6.92 Å². The zero-order chi connectivity index (χ0) is 15.2. The second-order valence-electron chi connectivity index (χ2n) is 6.12. The minimum atomic E-state index is -0.843. The summed E-state index contributed by atoms with van der Waals surface area (Å²) in [5, 5.41) is 0. The quantitative estimate of drug-likeness (QED) is 0.672. The average Bonchev–Trinajstić information content (AvgIpc) is 2.52. The Morgan fingerprint density at radius 1 is 1.00 bits per heavy atom. The lowest BCUT2D eigenvalue weighted by molar-refractivity contribution is 0.258. The van der Waals surface area contributed by atoms with Gasteiger partial charge in [0.1, 0.15) is 0 Å². The molecule has 0 atom stereocenters. The van der Waals surface area contributed by atoms with Crippen LogP contribution in [-0.4, -0.2) is 6.61 Å². The second-order valence-corrected chi connectivity index (χ2v) is 6.12. The molecule has 0 heterocycles. The summed E-state index contributed by atoms with van der Waals surface area (Å²) in [6.07, 6.45) is 7.91. The van der Waals surface area contributed by atoms with E-state index in [1.165, 1.54) is 32.1 Å². The van der Waals surface area contributed by atoms with Crippen LogP contribution in [0.25, 0.3) is 0 Å². The normalized spacial score (nSPS) is 22.3. The number of rotatable bonds is 6. The van der Waals surface area contributed by atoms with Gasteiger partial charge in [-0.2, -0.15) is 4.39 Å². The summed E-state index contributed by atoms with van der Waals surface area (Å²) in [7, 11) is 0. The Labute approximate surface area is 126 Å². The number of ether oxygens (including phenoxy) is 1. The summed E-state index contributed by atoms with van der Waals surface area (Å²) >= 11 is 0. The highest BCUT2D eigenvalue weighted by Crippen LogP contribution is 2.33. The van der Waals surface area contributed by atoms with Crippen molar-refractivity contribution < 1.29 is 13.5 Å². The van der Waals surface area contributed by atoms with Crippen LogP contribution in [0.4, 0.5) is 8.78 Å². The lowest BCUT2D eigenvalue weighted by atomic mass is 9.78. The van der Waals surface area contributed by atoms with Gasteiger partial charge in [0.05, 0.1) is 6.61 Å². The monoisotopic (exact) mass is 296 g/mol. The van der Waals surface area contributed by atoms with Crippen molar-refractivity contribution in [2.75, 3.05) is 6.61 Å². The van der Waals surface area contributed by atoms with E-state index in [0.717, 1.165) is 12.3 Å². The first-order valence-electron chi connectivity index (χ1n) is 8.25. The number of benzene rings is 1. The first kappa shape index (κ1) is 16.3. The largest absolute Gasteiger partial charge is 0.491 e. The second kappa shape index (κ2) is 7.77. The Morgan fingerprint density at radius 2 is 1.67 bits per heavy atom. The minimum Gasteiger partial charge on any atom is -0.491 e. The van der Waals surface area contributed by atoms with Crippen molar-refractivity contribution in [1.29, 1.82) is 0 Å². The molecule has 0 unspecified atom stereocenters. The molecule has 118 valence electrons. The molecule has 0 aromatic heterocycles. The maximum Gasteiger partial charge on any atom is 0.200 e. The van der Waals surface area contributed by atoms with Crippen LogP contribution in [0.5, 0.6) is 5.75 Å². The fraction of sp³-hybridized carbons (Fsp3) is 0.667. The zero-order valence-corrected chi connectivity index (χ0v) is 13.1. The van der Waals surface area contributed by atoms with E-state index >= 15 is 0 Å². The molecule has 3 heteroatoms. The zero-order valence-electron chi connectivity index (χ0n) is 13.1. The molecule has 0 saturated heterocycles. The van der Waals surface area contributed by atoms with E-state index in [4.69, 9.17) is 4.74 Å². The third-order valence-corrected chi connectivity index (χ3v) is 4.79. The molecular formula is C18H26F2O. The van der Waals surface area contributed by atoms with E-state index in [9.17, 15) is 8.78 Å². The first-order chi connectivity index (χ1) is 10.2. The SMILES string of the molecule is CCOc1ccc(CCC2CCC(CC)CC2)c(F)c1F.